The van der Waals surface area contributed by atoms with E-state index in [0.29, 0.717) is 22.2 Å². The number of carboxylic acid groups (broad SMARTS) is 1. The first-order chi connectivity index (χ1) is 8.82. The molecular weight excluding hydrogens is 306 g/mol. The number of nitrogens with one attached hydrogen (secondary N) is 1. The largest absolute Gasteiger partial charge is 0.478 e. The average Bonchev–Trinajstić information content (AvgIpc) is 2.27. The molecule has 2 N–H and O–H groups in total. The summed E-state index contributed by atoms with van der Waals surface area (Å²) in [6.45, 7) is 9.82. The molecule has 0 unspecified atom stereocenters. The highest BCUT2D eigenvalue weighted by Gasteiger charge is 2.17. The van der Waals surface area contributed by atoms with E-state index in [1.807, 2.05) is 12.1 Å². The van der Waals surface area contributed by atoms with E-state index in [1.165, 1.54) is 0 Å². The van der Waals surface area contributed by atoms with Crippen LogP contribution in [0, 0.1) is 17.8 Å². The lowest BCUT2D eigenvalue weighted by Crippen LogP contribution is -2.24. The van der Waals surface area contributed by atoms with Crippen molar-refractivity contribution in [2.75, 3.05) is 11.9 Å². The van der Waals surface area contributed by atoms with Crippen molar-refractivity contribution in [3.8, 4) is 0 Å². The summed E-state index contributed by atoms with van der Waals surface area (Å²) in [5.41, 5.74) is 1.23. The van der Waals surface area contributed by atoms with Crippen LogP contribution in [0.4, 0.5) is 5.69 Å². The van der Waals surface area contributed by atoms with Gasteiger partial charge in [0, 0.05) is 16.7 Å². The number of hydrogen-bond donors (Lipinski definition) is 2. The molecule has 0 amide bonds. The van der Waals surface area contributed by atoms with Crippen LogP contribution in [-0.4, -0.2) is 17.6 Å². The van der Waals surface area contributed by atoms with Crippen molar-refractivity contribution in [2.24, 2.45) is 17.8 Å². The minimum atomic E-state index is -0.916. The summed E-state index contributed by atoms with van der Waals surface area (Å²) in [6, 6.07) is 5.25. The first-order valence-corrected chi connectivity index (χ1v) is 7.39. The van der Waals surface area contributed by atoms with Gasteiger partial charge >= 0.3 is 5.97 Å². The van der Waals surface area contributed by atoms with Gasteiger partial charge in [-0.3, -0.25) is 0 Å². The smallest absolute Gasteiger partial charge is 0.336 e. The minimum Gasteiger partial charge on any atom is -0.478 e. The molecule has 0 aromatic heterocycles. The van der Waals surface area contributed by atoms with Gasteiger partial charge in [0.15, 0.2) is 0 Å². The van der Waals surface area contributed by atoms with Crippen LogP contribution >= 0.6 is 15.9 Å². The number of anilines is 1. The fourth-order valence-electron chi connectivity index (χ4n) is 2.28. The molecule has 0 radical (unpaired) electrons. The van der Waals surface area contributed by atoms with E-state index in [0.717, 1.165) is 12.2 Å². The highest BCUT2D eigenvalue weighted by molar-refractivity contribution is 9.10. The van der Waals surface area contributed by atoms with Gasteiger partial charge in [-0.1, -0.05) is 27.7 Å². The third-order valence-corrected chi connectivity index (χ3v) is 4.11. The lowest BCUT2D eigenvalue weighted by Gasteiger charge is -2.25. The number of carboxylic acids is 1. The normalized spacial score (nSPS) is 11.4. The predicted molar refractivity (Wildman–Crippen MR) is 82.8 cm³/mol. The monoisotopic (exact) mass is 327 g/mol. The summed E-state index contributed by atoms with van der Waals surface area (Å²) in [5, 5.41) is 12.4. The number of halogens is 1. The van der Waals surface area contributed by atoms with Gasteiger partial charge in [-0.15, -0.1) is 0 Å². The van der Waals surface area contributed by atoms with Gasteiger partial charge in [0.2, 0.25) is 0 Å². The highest BCUT2D eigenvalue weighted by atomic mass is 79.9. The van der Waals surface area contributed by atoms with Gasteiger partial charge in [0.05, 0.1) is 5.56 Å². The Hall–Kier alpha value is -1.03. The number of rotatable bonds is 6. The zero-order chi connectivity index (χ0) is 14.6. The molecule has 106 valence electrons. The molecule has 0 saturated carbocycles. The number of aromatic carboxylic acids is 1. The van der Waals surface area contributed by atoms with Crippen molar-refractivity contribution < 1.29 is 9.90 Å². The molecule has 0 aliphatic rings. The zero-order valence-electron chi connectivity index (χ0n) is 11.9. The number of carbonyl (C=O) groups is 1. The molecule has 0 fully saturated rings. The van der Waals surface area contributed by atoms with Crippen LogP contribution in [0.5, 0.6) is 0 Å². The molecule has 4 heteroatoms. The minimum absolute atomic E-state index is 0.287. The van der Waals surface area contributed by atoms with Crippen molar-refractivity contribution >= 4 is 27.6 Å². The van der Waals surface area contributed by atoms with Crippen molar-refractivity contribution in [1.82, 2.24) is 0 Å². The summed E-state index contributed by atoms with van der Waals surface area (Å²) in [5.74, 6) is 0.919. The van der Waals surface area contributed by atoms with Gasteiger partial charge in [0.25, 0.3) is 0 Å². The summed E-state index contributed by atoms with van der Waals surface area (Å²) >= 11 is 3.29. The second-order valence-corrected chi connectivity index (χ2v) is 6.39. The Morgan fingerprint density at radius 3 is 2.26 bits per heavy atom. The van der Waals surface area contributed by atoms with Crippen molar-refractivity contribution in [3.05, 3.63) is 28.2 Å². The van der Waals surface area contributed by atoms with Crippen LogP contribution in [0.1, 0.15) is 38.1 Å². The van der Waals surface area contributed by atoms with Gasteiger partial charge in [-0.05, 0) is 51.9 Å². The Labute approximate surface area is 123 Å². The van der Waals surface area contributed by atoms with Crippen molar-refractivity contribution in [2.45, 2.75) is 27.7 Å². The van der Waals surface area contributed by atoms with E-state index in [-0.39, 0.29) is 5.56 Å². The van der Waals surface area contributed by atoms with E-state index in [4.69, 9.17) is 5.11 Å². The predicted octanol–water partition coefficient (Wildman–Crippen LogP) is 4.49. The van der Waals surface area contributed by atoms with Crippen LogP contribution in [0.2, 0.25) is 0 Å². The lowest BCUT2D eigenvalue weighted by atomic mass is 9.85. The Morgan fingerprint density at radius 1 is 1.26 bits per heavy atom. The maximum Gasteiger partial charge on any atom is 0.336 e. The molecule has 0 spiro atoms. The lowest BCUT2D eigenvalue weighted by molar-refractivity contribution is 0.0696. The molecule has 0 aliphatic heterocycles. The Morgan fingerprint density at radius 2 is 1.84 bits per heavy atom. The van der Waals surface area contributed by atoms with E-state index >= 15 is 0 Å². The summed E-state index contributed by atoms with van der Waals surface area (Å²) in [6.07, 6.45) is 0. The number of benzene rings is 1. The molecule has 0 aliphatic carbocycles. The molecule has 0 saturated heterocycles. The van der Waals surface area contributed by atoms with Gasteiger partial charge in [-0.2, -0.15) is 0 Å². The van der Waals surface area contributed by atoms with Crippen LogP contribution in [-0.2, 0) is 0 Å². The summed E-state index contributed by atoms with van der Waals surface area (Å²) in [7, 11) is 0. The molecule has 1 aromatic rings. The van der Waals surface area contributed by atoms with Crippen LogP contribution in [0.3, 0.4) is 0 Å². The molecule has 0 heterocycles. The van der Waals surface area contributed by atoms with Crippen molar-refractivity contribution in [3.63, 3.8) is 0 Å². The maximum absolute atomic E-state index is 10.9. The standard InChI is InChI=1S/C15H22BrNO2/c1-9(2)13(10(3)4)8-17-11-5-6-12(15(18)19)14(16)7-11/h5-7,9-10,13,17H,8H2,1-4H3,(H,18,19). The van der Waals surface area contributed by atoms with Crippen LogP contribution < -0.4 is 5.32 Å². The van der Waals surface area contributed by atoms with E-state index in [9.17, 15) is 4.79 Å². The zero-order valence-corrected chi connectivity index (χ0v) is 13.5. The van der Waals surface area contributed by atoms with Crippen LogP contribution in [0.15, 0.2) is 22.7 Å². The SMILES string of the molecule is CC(C)C(CNc1ccc(C(=O)O)c(Br)c1)C(C)C. The van der Waals surface area contributed by atoms with E-state index in [1.54, 1.807) is 6.07 Å². The second-order valence-electron chi connectivity index (χ2n) is 5.53. The molecule has 1 rings (SSSR count). The second kappa shape index (κ2) is 6.94. The van der Waals surface area contributed by atoms with Gasteiger partial charge in [0.1, 0.15) is 0 Å². The van der Waals surface area contributed by atoms with E-state index < -0.39 is 5.97 Å². The Bertz CT molecular complexity index is 436. The molecule has 0 atom stereocenters. The highest BCUT2D eigenvalue weighted by Crippen LogP contribution is 2.24. The summed E-state index contributed by atoms with van der Waals surface area (Å²) < 4.78 is 0.607. The molecular formula is C15H22BrNO2. The molecule has 19 heavy (non-hydrogen) atoms. The first-order valence-electron chi connectivity index (χ1n) is 6.59. The molecule has 3 nitrogen and oxygen atoms in total. The quantitative estimate of drug-likeness (QED) is 0.809. The summed E-state index contributed by atoms with van der Waals surface area (Å²) in [4.78, 5) is 10.9. The Balaban J connectivity index is 2.73. The van der Waals surface area contributed by atoms with E-state index in [2.05, 4.69) is 48.9 Å². The Kier molecular flexibility index (Phi) is 5.85. The third-order valence-electron chi connectivity index (χ3n) is 3.45. The van der Waals surface area contributed by atoms with Gasteiger partial charge < -0.3 is 10.4 Å². The number of hydrogen-bond acceptors (Lipinski definition) is 2. The average molecular weight is 328 g/mol. The van der Waals surface area contributed by atoms with Crippen molar-refractivity contribution in [1.29, 1.82) is 0 Å². The third kappa shape index (κ3) is 4.53. The molecule has 0 bridgehead atoms. The van der Waals surface area contributed by atoms with Crippen LogP contribution in [0.25, 0.3) is 0 Å². The topological polar surface area (TPSA) is 49.3 Å². The first kappa shape index (κ1) is 16.0. The fourth-order valence-corrected chi connectivity index (χ4v) is 2.82. The van der Waals surface area contributed by atoms with Gasteiger partial charge in [-0.25, -0.2) is 4.79 Å². The molecule has 1 aromatic carbocycles. The maximum atomic E-state index is 10.9. The fraction of sp³-hybridized carbons (Fsp3) is 0.533.